The quantitative estimate of drug-likeness (QED) is 0.806. The lowest BCUT2D eigenvalue weighted by molar-refractivity contribution is 0.474. The number of hydrogen-bond acceptors (Lipinski definition) is 2. The van der Waals surface area contributed by atoms with Gasteiger partial charge < -0.3 is 5.11 Å². The summed E-state index contributed by atoms with van der Waals surface area (Å²) in [6, 6.07) is 3.41. The minimum atomic E-state index is 0.270. The monoisotopic (exact) mass is 222 g/mol. The van der Waals surface area contributed by atoms with Crippen molar-refractivity contribution in [2.75, 3.05) is 0 Å². The summed E-state index contributed by atoms with van der Waals surface area (Å²) in [6.07, 6.45) is 3.33. The van der Waals surface area contributed by atoms with E-state index >= 15 is 0 Å². The Labute approximate surface area is 92.9 Å². The molecule has 0 fully saturated rings. The van der Waals surface area contributed by atoms with Crippen LogP contribution in [-0.2, 0) is 0 Å². The standard InChI is InChI=1S/C11H11ClN2O/c1-7-3-10(15)4-8(2)11(7)14-6-9(12)5-13-14/h3-6,15H,1-2H3. The van der Waals surface area contributed by atoms with Crippen LogP contribution in [0.4, 0.5) is 0 Å². The van der Waals surface area contributed by atoms with E-state index in [1.54, 1.807) is 29.2 Å². The fraction of sp³-hybridized carbons (Fsp3) is 0.182. The van der Waals surface area contributed by atoms with Crippen molar-refractivity contribution < 1.29 is 5.11 Å². The van der Waals surface area contributed by atoms with E-state index in [9.17, 15) is 5.11 Å². The molecule has 0 aliphatic heterocycles. The van der Waals surface area contributed by atoms with Crippen LogP contribution in [0.15, 0.2) is 24.5 Å². The first-order valence-corrected chi connectivity index (χ1v) is 4.96. The number of benzene rings is 1. The number of aromatic nitrogens is 2. The van der Waals surface area contributed by atoms with E-state index in [1.165, 1.54) is 0 Å². The molecule has 0 amide bonds. The van der Waals surface area contributed by atoms with Crippen LogP contribution in [0.5, 0.6) is 5.75 Å². The highest BCUT2D eigenvalue weighted by atomic mass is 35.5. The zero-order valence-corrected chi connectivity index (χ0v) is 9.28. The lowest BCUT2D eigenvalue weighted by atomic mass is 10.1. The maximum Gasteiger partial charge on any atom is 0.116 e. The molecule has 1 N–H and O–H groups in total. The van der Waals surface area contributed by atoms with E-state index in [2.05, 4.69) is 5.10 Å². The van der Waals surface area contributed by atoms with Gasteiger partial charge in [0, 0.05) is 6.20 Å². The van der Waals surface area contributed by atoms with E-state index in [0.29, 0.717) is 5.02 Å². The second-order valence-electron chi connectivity index (χ2n) is 3.53. The Kier molecular flexibility index (Phi) is 2.40. The fourth-order valence-corrected chi connectivity index (χ4v) is 1.85. The zero-order chi connectivity index (χ0) is 11.0. The van der Waals surface area contributed by atoms with Gasteiger partial charge in [-0.2, -0.15) is 5.10 Å². The highest BCUT2D eigenvalue weighted by Crippen LogP contribution is 2.24. The molecular weight excluding hydrogens is 212 g/mol. The minimum absolute atomic E-state index is 0.270. The molecule has 0 aliphatic rings. The molecule has 4 heteroatoms. The molecule has 0 aliphatic carbocycles. The van der Waals surface area contributed by atoms with Gasteiger partial charge in [0.05, 0.1) is 16.9 Å². The molecule has 78 valence electrons. The first-order valence-electron chi connectivity index (χ1n) is 4.58. The summed E-state index contributed by atoms with van der Waals surface area (Å²) in [7, 11) is 0. The van der Waals surface area contributed by atoms with E-state index in [4.69, 9.17) is 11.6 Å². The average molecular weight is 223 g/mol. The summed E-state index contributed by atoms with van der Waals surface area (Å²) in [4.78, 5) is 0. The first kappa shape index (κ1) is 10.1. The lowest BCUT2D eigenvalue weighted by Crippen LogP contribution is -2.00. The van der Waals surface area contributed by atoms with Crippen molar-refractivity contribution in [3.63, 3.8) is 0 Å². The number of aromatic hydroxyl groups is 1. The third-order valence-corrected chi connectivity index (χ3v) is 2.45. The Bertz CT molecular complexity index is 482. The zero-order valence-electron chi connectivity index (χ0n) is 8.53. The van der Waals surface area contributed by atoms with Crippen LogP contribution in [0.3, 0.4) is 0 Å². The molecule has 3 nitrogen and oxygen atoms in total. The Morgan fingerprint density at radius 1 is 1.27 bits per heavy atom. The molecular formula is C11H11ClN2O. The number of halogens is 1. The molecule has 0 radical (unpaired) electrons. The maximum atomic E-state index is 9.41. The van der Waals surface area contributed by atoms with Gasteiger partial charge in [-0.1, -0.05) is 11.6 Å². The van der Waals surface area contributed by atoms with Crippen LogP contribution < -0.4 is 0 Å². The average Bonchev–Trinajstić information content (AvgIpc) is 2.49. The molecule has 2 aromatic rings. The van der Waals surface area contributed by atoms with Crippen molar-refractivity contribution in [2.24, 2.45) is 0 Å². The first-order chi connectivity index (χ1) is 7.08. The molecule has 0 saturated carbocycles. The van der Waals surface area contributed by atoms with Gasteiger partial charge >= 0.3 is 0 Å². The van der Waals surface area contributed by atoms with Crippen molar-refractivity contribution in [2.45, 2.75) is 13.8 Å². The normalized spacial score (nSPS) is 10.6. The summed E-state index contributed by atoms with van der Waals surface area (Å²) >= 11 is 5.81. The van der Waals surface area contributed by atoms with Gasteiger partial charge in [0.1, 0.15) is 5.75 Å². The van der Waals surface area contributed by atoms with Gasteiger partial charge in [-0.05, 0) is 37.1 Å². The third-order valence-electron chi connectivity index (χ3n) is 2.26. The van der Waals surface area contributed by atoms with Crippen LogP contribution in [0.1, 0.15) is 11.1 Å². The molecule has 1 heterocycles. The van der Waals surface area contributed by atoms with E-state index < -0.39 is 0 Å². The molecule has 0 unspecified atom stereocenters. The van der Waals surface area contributed by atoms with Gasteiger partial charge in [-0.25, -0.2) is 4.68 Å². The number of rotatable bonds is 1. The summed E-state index contributed by atoms with van der Waals surface area (Å²) in [5, 5.41) is 14.2. The number of phenols is 1. The summed E-state index contributed by atoms with van der Waals surface area (Å²) in [6.45, 7) is 3.86. The minimum Gasteiger partial charge on any atom is -0.508 e. The van der Waals surface area contributed by atoms with Crippen molar-refractivity contribution in [1.29, 1.82) is 0 Å². The summed E-state index contributed by atoms with van der Waals surface area (Å²) < 4.78 is 1.71. The third kappa shape index (κ3) is 1.83. The SMILES string of the molecule is Cc1cc(O)cc(C)c1-n1cc(Cl)cn1. The number of aryl methyl sites for hydroxylation is 2. The molecule has 0 bridgehead atoms. The van der Waals surface area contributed by atoms with Gasteiger partial charge in [0.15, 0.2) is 0 Å². The largest absolute Gasteiger partial charge is 0.508 e. The van der Waals surface area contributed by atoms with Crippen LogP contribution in [0.2, 0.25) is 5.02 Å². The summed E-state index contributed by atoms with van der Waals surface area (Å²) in [5.74, 6) is 0.270. The van der Waals surface area contributed by atoms with Gasteiger partial charge in [-0.3, -0.25) is 0 Å². The smallest absolute Gasteiger partial charge is 0.116 e. The Hall–Kier alpha value is -1.48. The predicted octanol–water partition coefficient (Wildman–Crippen LogP) is 2.85. The topological polar surface area (TPSA) is 38.0 Å². The molecule has 1 aromatic carbocycles. The Morgan fingerprint density at radius 2 is 1.87 bits per heavy atom. The number of hydrogen-bond donors (Lipinski definition) is 1. The second kappa shape index (κ2) is 3.59. The van der Waals surface area contributed by atoms with Crippen molar-refractivity contribution in [1.82, 2.24) is 9.78 Å². The van der Waals surface area contributed by atoms with Crippen LogP contribution in [0.25, 0.3) is 5.69 Å². The van der Waals surface area contributed by atoms with Gasteiger partial charge in [-0.15, -0.1) is 0 Å². The predicted molar refractivity (Wildman–Crippen MR) is 59.7 cm³/mol. The van der Waals surface area contributed by atoms with E-state index in [1.807, 2.05) is 13.8 Å². The van der Waals surface area contributed by atoms with Crippen molar-refractivity contribution in [3.05, 3.63) is 40.7 Å². The van der Waals surface area contributed by atoms with Crippen LogP contribution >= 0.6 is 11.6 Å². The van der Waals surface area contributed by atoms with Gasteiger partial charge in [0.25, 0.3) is 0 Å². The lowest BCUT2D eigenvalue weighted by Gasteiger charge is -2.10. The molecule has 15 heavy (non-hydrogen) atoms. The van der Waals surface area contributed by atoms with Crippen LogP contribution in [0, 0.1) is 13.8 Å². The molecule has 2 rings (SSSR count). The molecule has 1 aromatic heterocycles. The highest BCUT2D eigenvalue weighted by Gasteiger charge is 2.07. The molecule has 0 saturated heterocycles. The molecule has 0 spiro atoms. The highest BCUT2D eigenvalue weighted by molar-refractivity contribution is 6.30. The second-order valence-corrected chi connectivity index (χ2v) is 3.97. The van der Waals surface area contributed by atoms with Crippen LogP contribution in [-0.4, -0.2) is 14.9 Å². The molecule has 0 atom stereocenters. The summed E-state index contributed by atoms with van der Waals surface area (Å²) in [5.41, 5.74) is 2.89. The number of nitrogens with zero attached hydrogens (tertiary/aromatic N) is 2. The Morgan fingerprint density at radius 3 is 2.33 bits per heavy atom. The van der Waals surface area contributed by atoms with Crippen molar-refractivity contribution in [3.8, 4) is 11.4 Å². The fourth-order valence-electron chi connectivity index (χ4n) is 1.72. The number of phenolic OH excluding ortho intramolecular Hbond substituents is 1. The maximum absolute atomic E-state index is 9.41. The van der Waals surface area contributed by atoms with E-state index in [0.717, 1.165) is 16.8 Å². The Balaban J connectivity index is 2.62. The van der Waals surface area contributed by atoms with Gasteiger partial charge in [0.2, 0.25) is 0 Å². The van der Waals surface area contributed by atoms with E-state index in [-0.39, 0.29) is 5.75 Å². The van der Waals surface area contributed by atoms with Crippen molar-refractivity contribution >= 4 is 11.6 Å².